The molecule has 0 saturated heterocycles. The average Bonchev–Trinajstić information content (AvgIpc) is 3.50. The number of hydrogen-bond donors (Lipinski definition) is 2. The summed E-state index contributed by atoms with van der Waals surface area (Å²) in [5, 5.41) is 13.0. The molecule has 0 fully saturated rings. The van der Waals surface area contributed by atoms with Gasteiger partial charge in [0, 0.05) is 41.6 Å². The summed E-state index contributed by atoms with van der Waals surface area (Å²) in [7, 11) is 1.89. The molecule has 0 aliphatic heterocycles. The zero-order valence-corrected chi connectivity index (χ0v) is 23.7. The van der Waals surface area contributed by atoms with Crippen molar-refractivity contribution in [2.75, 3.05) is 5.73 Å². The van der Waals surface area contributed by atoms with Gasteiger partial charge in [-0.15, -0.1) is 5.10 Å². The molecule has 1 atom stereocenters. The van der Waals surface area contributed by atoms with Crippen molar-refractivity contribution in [1.82, 2.24) is 34.3 Å². The molecule has 42 heavy (non-hydrogen) atoms. The molecule has 6 rings (SSSR count). The van der Waals surface area contributed by atoms with Crippen LogP contribution in [0, 0.1) is 13.8 Å². The highest BCUT2D eigenvalue weighted by molar-refractivity contribution is 6.04. The molecule has 6 aromatic rings. The number of pyridine rings is 1. The maximum atomic E-state index is 14.3. The third-order valence-electron chi connectivity index (χ3n) is 7.59. The minimum Gasteiger partial charge on any atom is -0.381 e. The fourth-order valence-corrected chi connectivity index (χ4v) is 5.21. The monoisotopic (exact) mass is 558 g/mol. The van der Waals surface area contributed by atoms with E-state index in [9.17, 15) is 9.59 Å². The van der Waals surface area contributed by atoms with Crippen LogP contribution in [0.1, 0.15) is 51.5 Å². The molecule has 0 aliphatic carbocycles. The molecule has 10 heteroatoms. The van der Waals surface area contributed by atoms with Crippen molar-refractivity contribution < 1.29 is 4.79 Å². The molecule has 1 unspecified atom stereocenters. The van der Waals surface area contributed by atoms with Crippen molar-refractivity contribution in [3.8, 4) is 5.69 Å². The molecule has 4 heterocycles. The number of fused-ring (bicyclic) bond motifs is 2. The standard InChI is InChI=1S/C32H30N8O2/c1-19-15-16-34-30-28(29(33)37-40(19)30)31(41)36-20(2)26-17-23-10-8-9-22(13-14-24-18-35-38(4)21(24)3)27(23)32(42)39(26)25-11-6-5-7-12-25/h5-18,20H,1-4H3,(H2,33,37)(H,36,41). The first-order valence-corrected chi connectivity index (χ1v) is 13.6. The van der Waals surface area contributed by atoms with Gasteiger partial charge in [-0.25, -0.2) is 9.50 Å². The van der Waals surface area contributed by atoms with Gasteiger partial charge in [0.05, 0.1) is 17.6 Å². The van der Waals surface area contributed by atoms with Crippen LogP contribution in [0.3, 0.4) is 0 Å². The van der Waals surface area contributed by atoms with Crippen LogP contribution < -0.4 is 16.6 Å². The van der Waals surface area contributed by atoms with Crippen LogP contribution in [0.4, 0.5) is 5.82 Å². The Hall–Kier alpha value is -5.51. The second kappa shape index (κ2) is 10.5. The van der Waals surface area contributed by atoms with Crippen LogP contribution in [0.2, 0.25) is 0 Å². The third kappa shape index (κ3) is 4.52. The number of aryl methyl sites for hydroxylation is 2. The van der Waals surface area contributed by atoms with E-state index in [0.29, 0.717) is 22.4 Å². The van der Waals surface area contributed by atoms with Gasteiger partial charge in [-0.05, 0) is 56.0 Å². The lowest BCUT2D eigenvalue weighted by molar-refractivity contribution is 0.0941. The molecule has 10 nitrogen and oxygen atoms in total. The van der Waals surface area contributed by atoms with Crippen molar-refractivity contribution in [2.24, 2.45) is 7.05 Å². The van der Waals surface area contributed by atoms with Gasteiger partial charge < -0.3 is 11.1 Å². The molecular weight excluding hydrogens is 528 g/mol. The number of para-hydroxylation sites is 1. The minimum absolute atomic E-state index is 0.0840. The highest BCUT2D eigenvalue weighted by Gasteiger charge is 2.24. The van der Waals surface area contributed by atoms with Crippen molar-refractivity contribution in [3.63, 3.8) is 0 Å². The molecule has 1 amide bonds. The van der Waals surface area contributed by atoms with Crippen molar-refractivity contribution in [3.05, 3.63) is 117 Å². The number of nitrogen functional groups attached to an aromatic ring is 1. The number of nitrogens with two attached hydrogens (primary N) is 1. The zero-order valence-electron chi connectivity index (χ0n) is 23.7. The van der Waals surface area contributed by atoms with Gasteiger partial charge in [-0.1, -0.05) is 48.6 Å². The van der Waals surface area contributed by atoms with Crippen LogP contribution in [0.15, 0.2) is 77.9 Å². The summed E-state index contributed by atoms with van der Waals surface area (Å²) in [6.45, 7) is 5.70. The summed E-state index contributed by atoms with van der Waals surface area (Å²) in [6.07, 6.45) is 7.33. The van der Waals surface area contributed by atoms with E-state index >= 15 is 0 Å². The molecule has 0 bridgehead atoms. The number of hydrogen-bond acceptors (Lipinski definition) is 6. The predicted molar refractivity (Wildman–Crippen MR) is 164 cm³/mol. The molecular formula is C32H30N8O2. The summed E-state index contributed by atoms with van der Waals surface area (Å²) in [4.78, 5) is 32.2. The van der Waals surface area contributed by atoms with Crippen molar-refractivity contribution >= 4 is 40.3 Å². The second-order valence-corrected chi connectivity index (χ2v) is 10.3. The maximum absolute atomic E-state index is 14.3. The Morgan fingerprint density at radius 1 is 1.02 bits per heavy atom. The summed E-state index contributed by atoms with van der Waals surface area (Å²) in [5.41, 5.74) is 11.4. The Morgan fingerprint density at radius 2 is 1.79 bits per heavy atom. The lowest BCUT2D eigenvalue weighted by atomic mass is 10.0. The third-order valence-corrected chi connectivity index (χ3v) is 7.59. The Balaban J connectivity index is 1.47. The van der Waals surface area contributed by atoms with E-state index in [1.165, 1.54) is 0 Å². The minimum atomic E-state index is -0.564. The number of benzene rings is 2. The molecule has 0 radical (unpaired) electrons. The number of nitrogens with one attached hydrogen (secondary N) is 1. The molecule has 210 valence electrons. The topological polar surface area (TPSA) is 125 Å². The van der Waals surface area contributed by atoms with Gasteiger partial charge in [0.2, 0.25) is 0 Å². The first kappa shape index (κ1) is 26.7. The van der Waals surface area contributed by atoms with E-state index in [1.807, 2.05) is 99.3 Å². The predicted octanol–water partition coefficient (Wildman–Crippen LogP) is 4.63. The molecule has 3 N–H and O–H groups in total. The summed E-state index contributed by atoms with van der Waals surface area (Å²) in [6, 6.07) is 18.3. The Labute approximate surface area is 241 Å². The van der Waals surface area contributed by atoms with Gasteiger partial charge in [0.1, 0.15) is 5.56 Å². The summed E-state index contributed by atoms with van der Waals surface area (Å²) in [5.74, 6) is -0.343. The number of aromatic nitrogens is 6. The lowest BCUT2D eigenvalue weighted by Crippen LogP contribution is -2.32. The Morgan fingerprint density at radius 3 is 2.52 bits per heavy atom. The number of nitrogens with zero attached hydrogens (tertiary/aromatic N) is 6. The van der Waals surface area contributed by atoms with Crippen LogP contribution in [-0.2, 0) is 7.05 Å². The van der Waals surface area contributed by atoms with E-state index in [-0.39, 0.29) is 16.9 Å². The van der Waals surface area contributed by atoms with Gasteiger partial charge in [-0.2, -0.15) is 5.10 Å². The molecule has 0 aliphatic rings. The first-order valence-electron chi connectivity index (χ1n) is 13.6. The average molecular weight is 559 g/mol. The highest BCUT2D eigenvalue weighted by Crippen LogP contribution is 2.26. The Bertz CT molecular complexity index is 2070. The Kier molecular flexibility index (Phi) is 6.66. The van der Waals surface area contributed by atoms with Crippen LogP contribution in [0.25, 0.3) is 34.3 Å². The van der Waals surface area contributed by atoms with Crippen molar-refractivity contribution in [1.29, 1.82) is 0 Å². The van der Waals surface area contributed by atoms with E-state index in [4.69, 9.17) is 5.73 Å². The number of carbonyl (C=O) groups is 1. The second-order valence-electron chi connectivity index (χ2n) is 10.3. The van der Waals surface area contributed by atoms with Crippen LogP contribution in [0.5, 0.6) is 0 Å². The maximum Gasteiger partial charge on any atom is 0.263 e. The van der Waals surface area contributed by atoms with E-state index in [0.717, 1.165) is 27.9 Å². The van der Waals surface area contributed by atoms with Gasteiger partial charge >= 0.3 is 0 Å². The van der Waals surface area contributed by atoms with Gasteiger partial charge in [0.15, 0.2) is 11.5 Å². The van der Waals surface area contributed by atoms with Crippen LogP contribution >= 0.6 is 0 Å². The summed E-state index contributed by atoms with van der Waals surface area (Å²) >= 11 is 0. The fraction of sp³-hybridized carbons (Fsp3) is 0.156. The lowest BCUT2D eigenvalue weighted by Gasteiger charge is -2.21. The van der Waals surface area contributed by atoms with Gasteiger partial charge in [-0.3, -0.25) is 18.8 Å². The molecule has 0 spiro atoms. The van der Waals surface area contributed by atoms with Crippen molar-refractivity contribution in [2.45, 2.75) is 26.8 Å². The smallest absolute Gasteiger partial charge is 0.263 e. The normalized spacial score (nSPS) is 12.4. The number of rotatable bonds is 6. The van der Waals surface area contributed by atoms with Gasteiger partial charge in [0.25, 0.3) is 11.5 Å². The number of carbonyl (C=O) groups excluding carboxylic acids is 1. The fourth-order valence-electron chi connectivity index (χ4n) is 5.21. The largest absolute Gasteiger partial charge is 0.381 e. The number of anilines is 1. The zero-order chi connectivity index (χ0) is 29.5. The quantitative estimate of drug-likeness (QED) is 0.307. The molecule has 4 aromatic heterocycles. The summed E-state index contributed by atoms with van der Waals surface area (Å²) < 4.78 is 5.01. The van der Waals surface area contributed by atoms with E-state index in [1.54, 1.807) is 27.5 Å². The highest BCUT2D eigenvalue weighted by atomic mass is 16.2. The SMILES string of the molecule is Cc1c(C=Cc2cccc3cc(C(C)NC(=O)c4c(N)nn5c(C)ccnc45)n(-c4ccccc4)c(=O)c23)cnn1C. The molecule has 0 saturated carbocycles. The first-order chi connectivity index (χ1) is 20.2. The molecule has 2 aromatic carbocycles. The van der Waals surface area contributed by atoms with Crippen LogP contribution in [-0.4, -0.2) is 34.9 Å². The van der Waals surface area contributed by atoms with E-state index in [2.05, 4.69) is 20.5 Å². The van der Waals surface area contributed by atoms with E-state index < -0.39 is 11.9 Å². The number of amides is 1.